The number of nitrogens with one attached hydrogen (secondary N) is 2. The molecule has 0 unspecified atom stereocenters. The molecule has 10 heteroatoms. The number of halogens is 2. The normalized spacial score (nSPS) is 21.4. The van der Waals surface area contributed by atoms with E-state index >= 15 is 0 Å². The molecule has 3 atom stereocenters. The Hall–Kier alpha value is -3.69. The summed E-state index contributed by atoms with van der Waals surface area (Å²) in [4.78, 5) is 18.8. The third-order valence-electron chi connectivity index (χ3n) is 6.39. The van der Waals surface area contributed by atoms with Gasteiger partial charge in [-0.1, -0.05) is 12.1 Å². The Bertz CT molecular complexity index is 1140. The molecule has 8 nitrogen and oxygen atoms in total. The highest BCUT2D eigenvalue weighted by molar-refractivity contribution is 5.93. The quantitative estimate of drug-likeness (QED) is 0.478. The standard InChI is InChI=1S/C25H27F2N5O3/c1-16(31-24(33)18-11-29-30-12-18)17-2-4-20(5-3-17)35-22-8-9-32(14-22)23-7-6-21(13-28-23)34-15-19-10-25(19,26)27/h2-7,11-13,16,19,22H,8-10,14-15H2,1H3,(H,29,30)(H,31,33)/t16-,19+,22+/m0/s1. The Morgan fingerprint density at radius 2 is 2.00 bits per heavy atom. The molecule has 0 bridgehead atoms. The number of aromatic nitrogens is 3. The summed E-state index contributed by atoms with van der Waals surface area (Å²) in [5, 5.41) is 9.37. The van der Waals surface area contributed by atoms with E-state index in [1.165, 1.54) is 6.20 Å². The second kappa shape index (κ2) is 9.52. The molecule has 1 aliphatic heterocycles. The molecule has 0 spiro atoms. The fourth-order valence-electron chi connectivity index (χ4n) is 4.09. The molecule has 1 aromatic carbocycles. The number of amides is 1. The van der Waals surface area contributed by atoms with Crippen LogP contribution in [0.4, 0.5) is 14.6 Å². The Balaban J connectivity index is 1.09. The lowest BCUT2D eigenvalue weighted by atomic mass is 10.1. The van der Waals surface area contributed by atoms with Crippen molar-refractivity contribution in [2.45, 2.75) is 37.8 Å². The minimum Gasteiger partial charge on any atom is -0.491 e. The van der Waals surface area contributed by atoms with Crippen LogP contribution in [0.15, 0.2) is 55.0 Å². The first-order chi connectivity index (χ1) is 16.9. The van der Waals surface area contributed by atoms with Gasteiger partial charge >= 0.3 is 0 Å². The minimum atomic E-state index is -2.58. The fraction of sp³-hybridized carbons (Fsp3) is 0.400. The maximum absolute atomic E-state index is 13.0. The van der Waals surface area contributed by atoms with Crippen LogP contribution in [0.2, 0.25) is 0 Å². The lowest BCUT2D eigenvalue weighted by molar-refractivity contribution is 0.0855. The molecular weight excluding hydrogens is 456 g/mol. The van der Waals surface area contributed by atoms with Gasteiger partial charge in [0.1, 0.15) is 23.4 Å². The van der Waals surface area contributed by atoms with Crippen LogP contribution in [-0.4, -0.2) is 52.8 Å². The number of pyridine rings is 1. The Kier molecular flexibility index (Phi) is 6.27. The van der Waals surface area contributed by atoms with Crippen LogP contribution >= 0.6 is 0 Å². The van der Waals surface area contributed by atoms with Gasteiger partial charge in [-0.05, 0) is 36.8 Å². The van der Waals surface area contributed by atoms with E-state index in [1.54, 1.807) is 18.5 Å². The minimum absolute atomic E-state index is 0.0159. The predicted octanol–water partition coefficient (Wildman–Crippen LogP) is 3.99. The van der Waals surface area contributed by atoms with Crippen LogP contribution in [-0.2, 0) is 0 Å². The van der Waals surface area contributed by atoms with E-state index in [0.717, 1.165) is 30.1 Å². The van der Waals surface area contributed by atoms with E-state index in [4.69, 9.17) is 9.47 Å². The highest BCUT2D eigenvalue weighted by Crippen LogP contribution is 2.48. The number of hydrogen-bond acceptors (Lipinski definition) is 6. The smallest absolute Gasteiger partial charge is 0.255 e. The van der Waals surface area contributed by atoms with Crippen LogP contribution in [0.5, 0.6) is 11.5 Å². The van der Waals surface area contributed by atoms with E-state index in [0.29, 0.717) is 17.9 Å². The topological polar surface area (TPSA) is 92.4 Å². The van der Waals surface area contributed by atoms with Crippen molar-refractivity contribution in [2.75, 3.05) is 24.6 Å². The van der Waals surface area contributed by atoms with Gasteiger partial charge in [0, 0.05) is 25.6 Å². The predicted molar refractivity (Wildman–Crippen MR) is 125 cm³/mol. The number of rotatable bonds is 9. The summed E-state index contributed by atoms with van der Waals surface area (Å²) in [5.41, 5.74) is 1.46. The van der Waals surface area contributed by atoms with Gasteiger partial charge in [0.2, 0.25) is 0 Å². The molecule has 2 N–H and O–H groups in total. The van der Waals surface area contributed by atoms with Gasteiger partial charge in [0.15, 0.2) is 0 Å². The highest BCUT2D eigenvalue weighted by atomic mass is 19.3. The molecule has 2 aromatic heterocycles. The first-order valence-corrected chi connectivity index (χ1v) is 11.7. The number of carbonyl (C=O) groups excluding carboxylic acids is 1. The number of anilines is 1. The first-order valence-electron chi connectivity index (χ1n) is 11.7. The summed E-state index contributed by atoms with van der Waals surface area (Å²) < 4.78 is 37.5. The second-order valence-corrected chi connectivity index (χ2v) is 9.05. The summed E-state index contributed by atoms with van der Waals surface area (Å²) in [6, 6.07) is 11.2. The summed E-state index contributed by atoms with van der Waals surface area (Å²) >= 11 is 0. The Morgan fingerprint density at radius 1 is 1.23 bits per heavy atom. The monoisotopic (exact) mass is 483 g/mol. The molecular formula is C25H27F2N5O3. The average Bonchev–Trinajstić information content (AvgIpc) is 3.29. The van der Waals surface area contributed by atoms with Gasteiger partial charge in [-0.3, -0.25) is 9.89 Å². The molecule has 2 fully saturated rings. The van der Waals surface area contributed by atoms with Crippen molar-refractivity contribution in [1.82, 2.24) is 20.5 Å². The summed E-state index contributed by atoms with van der Waals surface area (Å²) in [6.07, 6.45) is 5.40. The number of nitrogens with zero attached hydrogens (tertiary/aromatic N) is 3. The number of ether oxygens (including phenoxy) is 2. The molecule has 1 saturated carbocycles. The Labute approximate surface area is 201 Å². The molecule has 1 saturated heterocycles. The molecule has 184 valence electrons. The third-order valence-corrected chi connectivity index (χ3v) is 6.39. The van der Waals surface area contributed by atoms with E-state index in [1.807, 2.05) is 37.3 Å². The molecule has 2 aliphatic rings. The van der Waals surface area contributed by atoms with Gasteiger partial charge in [0.25, 0.3) is 11.8 Å². The summed E-state index contributed by atoms with van der Waals surface area (Å²) in [7, 11) is 0. The molecule has 5 rings (SSSR count). The Morgan fingerprint density at radius 3 is 2.66 bits per heavy atom. The van der Waals surface area contributed by atoms with Crippen molar-refractivity contribution in [3.05, 3.63) is 66.1 Å². The summed E-state index contributed by atoms with van der Waals surface area (Å²) in [5.74, 6) is -1.38. The number of alkyl halides is 2. The van der Waals surface area contributed by atoms with Crippen LogP contribution < -0.4 is 19.7 Å². The van der Waals surface area contributed by atoms with E-state index < -0.39 is 11.8 Å². The maximum atomic E-state index is 13.0. The van der Waals surface area contributed by atoms with Crippen LogP contribution in [0.1, 0.15) is 41.7 Å². The molecule has 0 radical (unpaired) electrons. The van der Waals surface area contributed by atoms with Crippen molar-refractivity contribution in [2.24, 2.45) is 5.92 Å². The van der Waals surface area contributed by atoms with Crippen molar-refractivity contribution in [1.29, 1.82) is 0 Å². The molecule has 1 amide bonds. The lowest BCUT2D eigenvalue weighted by Crippen LogP contribution is -2.26. The number of aromatic amines is 1. The van der Waals surface area contributed by atoms with Crippen LogP contribution in [0.25, 0.3) is 0 Å². The number of hydrogen-bond donors (Lipinski definition) is 2. The van der Waals surface area contributed by atoms with Crippen molar-refractivity contribution >= 4 is 11.7 Å². The van der Waals surface area contributed by atoms with Gasteiger partial charge in [-0.2, -0.15) is 5.10 Å². The van der Waals surface area contributed by atoms with Gasteiger partial charge in [-0.15, -0.1) is 0 Å². The fourth-order valence-corrected chi connectivity index (χ4v) is 4.09. The molecule has 3 aromatic rings. The molecule has 1 aliphatic carbocycles. The lowest BCUT2D eigenvalue weighted by Gasteiger charge is -2.19. The van der Waals surface area contributed by atoms with E-state index in [9.17, 15) is 13.6 Å². The zero-order chi connectivity index (χ0) is 24.4. The molecule has 3 heterocycles. The van der Waals surface area contributed by atoms with Crippen LogP contribution in [0, 0.1) is 5.92 Å². The highest BCUT2D eigenvalue weighted by Gasteiger charge is 2.57. The number of carbonyl (C=O) groups is 1. The SMILES string of the molecule is C[C@H](NC(=O)c1cn[nH]c1)c1ccc(O[C@@H]2CCN(c3ccc(OC[C@H]4CC4(F)F)cn3)C2)cc1. The zero-order valence-corrected chi connectivity index (χ0v) is 19.3. The average molecular weight is 484 g/mol. The number of benzene rings is 1. The third kappa shape index (κ3) is 5.52. The maximum Gasteiger partial charge on any atom is 0.255 e. The summed E-state index contributed by atoms with van der Waals surface area (Å²) in [6.45, 7) is 3.44. The first kappa shape index (κ1) is 23.1. The van der Waals surface area contributed by atoms with E-state index in [2.05, 4.69) is 25.4 Å². The number of H-pyrrole nitrogens is 1. The second-order valence-electron chi connectivity index (χ2n) is 9.05. The van der Waals surface area contributed by atoms with Crippen LogP contribution in [0.3, 0.4) is 0 Å². The van der Waals surface area contributed by atoms with Gasteiger partial charge < -0.3 is 19.7 Å². The van der Waals surface area contributed by atoms with Gasteiger partial charge in [0.05, 0.1) is 43.1 Å². The van der Waals surface area contributed by atoms with E-state index in [-0.39, 0.29) is 31.1 Å². The molecule has 35 heavy (non-hydrogen) atoms. The zero-order valence-electron chi connectivity index (χ0n) is 19.3. The van der Waals surface area contributed by atoms with Crippen molar-refractivity contribution < 1.29 is 23.0 Å². The van der Waals surface area contributed by atoms with Crippen molar-refractivity contribution in [3.63, 3.8) is 0 Å². The van der Waals surface area contributed by atoms with Crippen molar-refractivity contribution in [3.8, 4) is 11.5 Å². The largest absolute Gasteiger partial charge is 0.491 e. The van der Waals surface area contributed by atoms with Gasteiger partial charge in [-0.25, -0.2) is 13.8 Å².